The van der Waals surface area contributed by atoms with Gasteiger partial charge in [0.05, 0.1) is 11.7 Å². The average Bonchev–Trinajstić information content (AvgIpc) is 2.74. The molecule has 0 bridgehead atoms. The molecule has 1 aromatic carbocycles. The van der Waals surface area contributed by atoms with Crippen molar-refractivity contribution < 1.29 is 0 Å². The van der Waals surface area contributed by atoms with E-state index in [-0.39, 0.29) is 5.54 Å². The van der Waals surface area contributed by atoms with Gasteiger partial charge in [0.1, 0.15) is 0 Å². The van der Waals surface area contributed by atoms with Crippen molar-refractivity contribution in [1.29, 1.82) is 0 Å². The smallest absolute Gasteiger partial charge is 0.0653 e. The number of aromatic amines is 1. The molecule has 0 atom stereocenters. The lowest BCUT2D eigenvalue weighted by Gasteiger charge is -2.39. The van der Waals surface area contributed by atoms with Crippen LogP contribution >= 0.6 is 0 Å². The first-order valence-corrected chi connectivity index (χ1v) is 6.52. The predicted octanol–water partition coefficient (Wildman–Crippen LogP) is 1.75. The average molecular weight is 244 g/mol. The maximum atomic E-state index is 4.06. The number of hydrogen-bond acceptors (Lipinski definition) is 3. The lowest BCUT2D eigenvalue weighted by Crippen LogP contribution is -2.56. The fourth-order valence-corrected chi connectivity index (χ4v) is 2.72. The number of rotatable bonds is 2. The number of benzene rings is 1. The Kier molecular flexibility index (Phi) is 2.84. The molecule has 4 nitrogen and oxygen atoms in total. The van der Waals surface area contributed by atoms with Crippen LogP contribution in [0.15, 0.2) is 24.4 Å². The summed E-state index contributed by atoms with van der Waals surface area (Å²) in [5.74, 6) is 0. The van der Waals surface area contributed by atoms with Crippen LogP contribution in [0.4, 0.5) is 0 Å². The van der Waals surface area contributed by atoms with Crippen LogP contribution in [0.1, 0.15) is 19.4 Å². The lowest BCUT2D eigenvalue weighted by atomic mass is 10.0. The molecule has 0 saturated carbocycles. The van der Waals surface area contributed by atoms with Crippen molar-refractivity contribution in [2.45, 2.75) is 25.9 Å². The molecule has 1 fully saturated rings. The Bertz CT molecular complexity index is 543. The number of nitrogens with zero attached hydrogens (tertiary/aromatic N) is 2. The van der Waals surface area contributed by atoms with Crippen molar-refractivity contribution in [3.63, 3.8) is 0 Å². The molecule has 18 heavy (non-hydrogen) atoms. The van der Waals surface area contributed by atoms with Crippen LogP contribution in [0.5, 0.6) is 0 Å². The molecule has 0 spiro atoms. The lowest BCUT2D eigenvalue weighted by molar-refractivity contribution is 0.148. The van der Waals surface area contributed by atoms with Crippen LogP contribution in [0, 0.1) is 0 Å². The molecule has 1 aromatic heterocycles. The molecule has 1 saturated heterocycles. The van der Waals surface area contributed by atoms with Crippen molar-refractivity contribution >= 4 is 10.9 Å². The molecule has 0 aliphatic carbocycles. The number of fused-ring (bicyclic) bond motifs is 1. The first-order valence-electron chi connectivity index (χ1n) is 6.52. The zero-order valence-corrected chi connectivity index (χ0v) is 11.0. The Labute approximate surface area is 107 Å². The van der Waals surface area contributed by atoms with Gasteiger partial charge in [0.15, 0.2) is 0 Å². The molecular weight excluding hydrogens is 224 g/mol. The molecule has 3 rings (SSSR count). The molecule has 0 amide bonds. The first-order chi connectivity index (χ1) is 8.62. The van der Waals surface area contributed by atoms with Crippen LogP contribution in [0.25, 0.3) is 10.9 Å². The third-order valence-electron chi connectivity index (χ3n) is 3.56. The van der Waals surface area contributed by atoms with E-state index in [2.05, 4.69) is 52.5 Å². The maximum absolute atomic E-state index is 4.06. The van der Waals surface area contributed by atoms with Gasteiger partial charge in [-0.25, -0.2) is 0 Å². The molecule has 2 heterocycles. The van der Waals surface area contributed by atoms with Gasteiger partial charge in [-0.05, 0) is 25.5 Å². The van der Waals surface area contributed by atoms with E-state index >= 15 is 0 Å². The second-order valence-electron chi connectivity index (χ2n) is 5.81. The second-order valence-corrected chi connectivity index (χ2v) is 5.81. The van der Waals surface area contributed by atoms with E-state index in [4.69, 9.17) is 0 Å². The zero-order valence-electron chi connectivity index (χ0n) is 11.0. The monoisotopic (exact) mass is 244 g/mol. The quantitative estimate of drug-likeness (QED) is 0.846. The van der Waals surface area contributed by atoms with Gasteiger partial charge >= 0.3 is 0 Å². The highest BCUT2D eigenvalue weighted by Crippen LogP contribution is 2.17. The van der Waals surface area contributed by atoms with E-state index in [1.54, 1.807) is 0 Å². The van der Waals surface area contributed by atoms with E-state index < -0.39 is 0 Å². The molecule has 0 radical (unpaired) electrons. The first kappa shape index (κ1) is 11.7. The van der Waals surface area contributed by atoms with E-state index in [9.17, 15) is 0 Å². The normalized spacial score (nSPS) is 20.3. The van der Waals surface area contributed by atoms with Crippen LogP contribution < -0.4 is 5.32 Å². The number of nitrogens with one attached hydrogen (secondary N) is 2. The fourth-order valence-electron chi connectivity index (χ4n) is 2.72. The molecule has 4 heteroatoms. The molecule has 2 N–H and O–H groups in total. The summed E-state index contributed by atoms with van der Waals surface area (Å²) in [7, 11) is 0. The summed E-state index contributed by atoms with van der Waals surface area (Å²) in [6, 6.07) is 6.55. The molecule has 1 aliphatic heterocycles. The van der Waals surface area contributed by atoms with Crippen molar-refractivity contribution in [1.82, 2.24) is 20.4 Å². The van der Waals surface area contributed by atoms with Crippen molar-refractivity contribution in [2.75, 3.05) is 19.6 Å². The standard InChI is InChI=1S/C14H20N4/c1-14(2)10-18(6-5-15-14)9-11-3-4-12-8-16-17-13(12)7-11/h3-4,7-8,15H,5-6,9-10H2,1-2H3,(H,16,17). The predicted molar refractivity (Wildman–Crippen MR) is 73.5 cm³/mol. The van der Waals surface area contributed by atoms with Crippen molar-refractivity contribution in [3.8, 4) is 0 Å². The summed E-state index contributed by atoms with van der Waals surface area (Å²) < 4.78 is 0. The second kappa shape index (κ2) is 4.37. The van der Waals surface area contributed by atoms with Crippen LogP contribution in [-0.2, 0) is 6.54 Å². The molecule has 1 aliphatic rings. The summed E-state index contributed by atoms with van der Waals surface area (Å²) in [5.41, 5.74) is 2.70. The van der Waals surface area contributed by atoms with Gasteiger partial charge in [0, 0.05) is 37.1 Å². The Morgan fingerprint density at radius 2 is 2.28 bits per heavy atom. The Hall–Kier alpha value is -1.39. The molecule has 0 unspecified atom stereocenters. The minimum absolute atomic E-state index is 0.219. The number of piperazine rings is 1. The molecular formula is C14H20N4. The van der Waals surface area contributed by atoms with Gasteiger partial charge in [0.25, 0.3) is 0 Å². The van der Waals surface area contributed by atoms with Gasteiger partial charge in [0.2, 0.25) is 0 Å². The highest BCUT2D eigenvalue weighted by atomic mass is 15.2. The van der Waals surface area contributed by atoms with Crippen LogP contribution in [-0.4, -0.2) is 40.3 Å². The van der Waals surface area contributed by atoms with Crippen molar-refractivity contribution in [3.05, 3.63) is 30.0 Å². The largest absolute Gasteiger partial charge is 0.309 e. The van der Waals surface area contributed by atoms with Gasteiger partial charge in [-0.3, -0.25) is 10.00 Å². The van der Waals surface area contributed by atoms with Crippen LogP contribution in [0.3, 0.4) is 0 Å². The van der Waals surface area contributed by atoms with Gasteiger partial charge in [-0.2, -0.15) is 5.10 Å². The third kappa shape index (κ3) is 2.40. The summed E-state index contributed by atoms with van der Waals surface area (Å²) in [4.78, 5) is 2.51. The number of hydrogen-bond donors (Lipinski definition) is 2. The van der Waals surface area contributed by atoms with E-state index in [1.165, 1.54) is 10.9 Å². The molecule has 96 valence electrons. The van der Waals surface area contributed by atoms with Gasteiger partial charge in [-0.1, -0.05) is 12.1 Å². The zero-order chi connectivity index (χ0) is 12.6. The summed E-state index contributed by atoms with van der Waals surface area (Å²) in [6.07, 6.45) is 1.87. The highest BCUT2D eigenvalue weighted by Gasteiger charge is 2.25. The minimum atomic E-state index is 0.219. The topological polar surface area (TPSA) is 44.0 Å². The summed E-state index contributed by atoms with van der Waals surface area (Å²) in [5, 5.41) is 11.8. The Balaban J connectivity index is 1.75. The third-order valence-corrected chi connectivity index (χ3v) is 3.56. The van der Waals surface area contributed by atoms with Gasteiger partial charge in [-0.15, -0.1) is 0 Å². The van der Waals surface area contributed by atoms with Crippen molar-refractivity contribution in [2.24, 2.45) is 0 Å². The Morgan fingerprint density at radius 1 is 1.39 bits per heavy atom. The van der Waals surface area contributed by atoms with Gasteiger partial charge < -0.3 is 5.32 Å². The number of aromatic nitrogens is 2. The SMILES string of the molecule is CC1(C)CN(Cc2ccc3cn[nH]c3c2)CCN1. The minimum Gasteiger partial charge on any atom is -0.309 e. The van der Waals surface area contributed by atoms with E-state index in [0.29, 0.717) is 0 Å². The Morgan fingerprint density at radius 3 is 3.11 bits per heavy atom. The highest BCUT2D eigenvalue weighted by molar-refractivity contribution is 5.78. The fraction of sp³-hybridized carbons (Fsp3) is 0.500. The van der Waals surface area contributed by atoms with E-state index in [1.807, 2.05) is 6.20 Å². The maximum Gasteiger partial charge on any atom is 0.0653 e. The summed E-state index contributed by atoms with van der Waals surface area (Å²) >= 11 is 0. The molecule has 2 aromatic rings. The summed E-state index contributed by atoms with van der Waals surface area (Å²) in [6.45, 7) is 8.81. The number of H-pyrrole nitrogens is 1. The van der Waals surface area contributed by atoms with E-state index in [0.717, 1.165) is 31.7 Å². The van der Waals surface area contributed by atoms with Crippen LogP contribution in [0.2, 0.25) is 0 Å².